The van der Waals surface area contributed by atoms with E-state index < -0.39 is 0 Å². The molecule has 0 saturated heterocycles. The molecule has 3 heteroatoms. The van der Waals surface area contributed by atoms with E-state index in [0.717, 1.165) is 24.3 Å². The van der Waals surface area contributed by atoms with Gasteiger partial charge in [0.05, 0.1) is 0 Å². The van der Waals surface area contributed by atoms with E-state index >= 15 is 0 Å². The minimum Gasteiger partial charge on any atom is -0.179 e. The Kier molecular flexibility index (Phi) is 4.41. The number of rotatable bonds is 4. The zero-order valence-corrected chi connectivity index (χ0v) is 8.89. The third kappa shape index (κ3) is 3.09. The van der Waals surface area contributed by atoms with E-state index in [0.29, 0.717) is 0 Å². The van der Waals surface area contributed by atoms with Crippen LogP contribution in [0.3, 0.4) is 0 Å². The number of hydrogen-bond donors (Lipinski definition) is 2. The molecule has 0 amide bonds. The Labute approximate surface area is 82.8 Å². The van der Waals surface area contributed by atoms with E-state index in [-0.39, 0.29) is 0 Å². The summed E-state index contributed by atoms with van der Waals surface area (Å²) < 4.78 is 0. The Balaban J connectivity index is 2.51. The number of thiol groups is 2. The molecular formula is C8H12S3. The van der Waals surface area contributed by atoms with E-state index in [2.05, 4.69) is 37.4 Å². The molecule has 11 heavy (non-hydrogen) atoms. The van der Waals surface area contributed by atoms with Crippen LogP contribution in [0.2, 0.25) is 0 Å². The van der Waals surface area contributed by atoms with Crippen molar-refractivity contribution in [3.05, 3.63) is 21.9 Å². The fourth-order valence-corrected chi connectivity index (χ4v) is 2.71. The average molecular weight is 204 g/mol. The van der Waals surface area contributed by atoms with Crippen LogP contribution in [0.1, 0.15) is 9.75 Å². The van der Waals surface area contributed by atoms with Gasteiger partial charge in [-0.1, -0.05) is 0 Å². The van der Waals surface area contributed by atoms with Gasteiger partial charge in [0.15, 0.2) is 0 Å². The van der Waals surface area contributed by atoms with Crippen molar-refractivity contribution < 1.29 is 0 Å². The molecule has 0 unspecified atom stereocenters. The quantitative estimate of drug-likeness (QED) is 0.692. The normalized spacial score (nSPS) is 10.4. The fourth-order valence-electron chi connectivity index (χ4n) is 0.911. The summed E-state index contributed by atoms with van der Waals surface area (Å²) in [5.41, 5.74) is 0. The maximum absolute atomic E-state index is 4.19. The van der Waals surface area contributed by atoms with Gasteiger partial charge in [0.25, 0.3) is 0 Å². The van der Waals surface area contributed by atoms with Crippen molar-refractivity contribution in [1.29, 1.82) is 0 Å². The molecular weight excluding hydrogens is 192 g/mol. The van der Waals surface area contributed by atoms with Gasteiger partial charge in [0.1, 0.15) is 0 Å². The maximum Gasteiger partial charge on any atom is 0.00562 e. The Morgan fingerprint density at radius 2 is 1.45 bits per heavy atom. The van der Waals surface area contributed by atoms with Gasteiger partial charge in [-0.2, -0.15) is 25.3 Å². The zero-order chi connectivity index (χ0) is 8.10. The molecule has 0 saturated carbocycles. The first-order valence-corrected chi connectivity index (χ1v) is 5.74. The molecule has 0 N–H and O–H groups in total. The molecule has 62 valence electrons. The third-order valence-electron chi connectivity index (χ3n) is 1.43. The Morgan fingerprint density at radius 3 is 1.82 bits per heavy atom. The van der Waals surface area contributed by atoms with Crippen LogP contribution < -0.4 is 0 Å². The van der Waals surface area contributed by atoms with Crippen LogP contribution in [0, 0.1) is 0 Å². The topological polar surface area (TPSA) is 0 Å². The standard InChI is InChI=1S/C8H12S3/c9-5-3-7-1-2-8(11-7)4-6-10/h1-2,9-10H,3-6H2. The SMILES string of the molecule is SCCc1ccc(CCS)s1. The number of aryl methyl sites for hydroxylation is 2. The number of thiophene rings is 1. The highest BCUT2D eigenvalue weighted by Crippen LogP contribution is 2.17. The summed E-state index contributed by atoms with van der Waals surface area (Å²) in [5, 5.41) is 0. The minimum atomic E-state index is 0.945. The highest BCUT2D eigenvalue weighted by Gasteiger charge is 1.97. The van der Waals surface area contributed by atoms with E-state index in [1.54, 1.807) is 0 Å². The van der Waals surface area contributed by atoms with Crippen molar-refractivity contribution in [2.75, 3.05) is 11.5 Å². The summed E-state index contributed by atoms with van der Waals surface area (Å²) >= 11 is 10.3. The monoisotopic (exact) mass is 204 g/mol. The molecule has 0 aliphatic carbocycles. The van der Waals surface area contributed by atoms with Crippen LogP contribution >= 0.6 is 36.6 Å². The van der Waals surface area contributed by atoms with Crippen LogP contribution in [-0.4, -0.2) is 11.5 Å². The lowest BCUT2D eigenvalue weighted by Gasteiger charge is -1.90. The zero-order valence-electron chi connectivity index (χ0n) is 6.29. The van der Waals surface area contributed by atoms with Gasteiger partial charge in [0.2, 0.25) is 0 Å². The second kappa shape index (κ2) is 5.12. The first-order chi connectivity index (χ1) is 5.36. The number of hydrogen-bond acceptors (Lipinski definition) is 3. The Bertz CT molecular complexity index is 184. The van der Waals surface area contributed by atoms with Crippen molar-refractivity contribution in [3.8, 4) is 0 Å². The van der Waals surface area contributed by atoms with Gasteiger partial charge in [-0.25, -0.2) is 0 Å². The Hall–Kier alpha value is 0.400. The van der Waals surface area contributed by atoms with Crippen molar-refractivity contribution in [3.63, 3.8) is 0 Å². The summed E-state index contributed by atoms with van der Waals surface area (Å²) in [6.07, 6.45) is 2.20. The van der Waals surface area contributed by atoms with Crippen LogP contribution in [-0.2, 0) is 12.8 Å². The van der Waals surface area contributed by atoms with Crippen molar-refractivity contribution in [2.24, 2.45) is 0 Å². The molecule has 0 aliphatic rings. The molecule has 0 aliphatic heterocycles. The summed E-state index contributed by atoms with van der Waals surface area (Å²) in [7, 11) is 0. The molecule has 0 bridgehead atoms. The smallest absolute Gasteiger partial charge is 0.00562 e. The van der Waals surface area contributed by atoms with E-state index in [9.17, 15) is 0 Å². The lowest BCUT2D eigenvalue weighted by molar-refractivity contribution is 1.21. The average Bonchev–Trinajstić information content (AvgIpc) is 2.38. The van der Waals surface area contributed by atoms with Gasteiger partial charge in [0, 0.05) is 9.75 Å². The molecule has 0 nitrogen and oxygen atoms in total. The molecule has 1 rings (SSSR count). The van der Waals surface area contributed by atoms with E-state index in [1.165, 1.54) is 9.75 Å². The predicted molar refractivity (Wildman–Crippen MR) is 59.4 cm³/mol. The van der Waals surface area contributed by atoms with Crippen LogP contribution in [0.15, 0.2) is 12.1 Å². The van der Waals surface area contributed by atoms with Crippen molar-refractivity contribution in [1.82, 2.24) is 0 Å². The second-order valence-corrected chi connectivity index (χ2v) is 4.46. The molecule has 1 aromatic rings. The van der Waals surface area contributed by atoms with Gasteiger partial charge < -0.3 is 0 Å². The molecule has 0 atom stereocenters. The predicted octanol–water partition coefficient (Wildman–Crippen LogP) is 2.69. The first-order valence-electron chi connectivity index (χ1n) is 3.66. The summed E-state index contributed by atoms with van der Waals surface area (Å²) in [6, 6.07) is 4.39. The second-order valence-electron chi connectivity index (χ2n) is 2.32. The van der Waals surface area contributed by atoms with Crippen LogP contribution in [0.25, 0.3) is 0 Å². The minimum absolute atomic E-state index is 0.945. The van der Waals surface area contributed by atoms with Crippen LogP contribution in [0.4, 0.5) is 0 Å². The van der Waals surface area contributed by atoms with Crippen molar-refractivity contribution >= 4 is 36.6 Å². The summed E-state index contributed by atoms with van der Waals surface area (Å²) in [6.45, 7) is 0. The summed E-state index contributed by atoms with van der Waals surface area (Å²) in [5.74, 6) is 1.89. The molecule has 0 aromatic carbocycles. The lowest BCUT2D eigenvalue weighted by Crippen LogP contribution is -1.79. The molecule has 1 heterocycles. The maximum atomic E-state index is 4.19. The van der Waals surface area contributed by atoms with Crippen molar-refractivity contribution in [2.45, 2.75) is 12.8 Å². The molecule has 0 radical (unpaired) electrons. The highest BCUT2D eigenvalue weighted by atomic mass is 32.1. The van der Waals surface area contributed by atoms with Gasteiger partial charge in [-0.15, -0.1) is 11.3 Å². The lowest BCUT2D eigenvalue weighted by atomic mass is 10.3. The molecule has 0 fully saturated rings. The van der Waals surface area contributed by atoms with E-state index in [4.69, 9.17) is 0 Å². The largest absolute Gasteiger partial charge is 0.179 e. The third-order valence-corrected chi connectivity index (χ3v) is 3.09. The highest BCUT2D eigenvalue weighted by molar-refractivity contribution is 7.80. The molecule has 0 spiro atoms. The van der Waals surface area contributed by atoms with E-state index in [1.807, 2.05) is 11.3 Å². The summed E-state index contributed by atoms with van der Waals surface area (Å²) in [4.78, 5) is 2.88. The first kappa shape index (κ1) is 9.49. The fraction of sp³-hybridized carbons (Fsp3) is 0.500. The van der Waals surface area contributed by atoms with Gasteiger partial charge in [-0.05, 0) is 36.5 Å². The van der Waals surface area contributed by atoms with Gasteiger partial charge >= 0.3 is 0 Å². The van der Waals surface area contributed by atoms with Crippen LogP contribution in [0.5, 0.6) is 0 Å². The Morgan fingerprint density at radius 1 is 1.00 bits per heavy atom. The molecule has 1 aromatic heterocycles. The van der Waals surface area contributed by atoms with Gasteiger partial charge in [-0.3, -0.25) is 0 Å².